The summed E-state index contributed by atoms with van der Waals surface area (Å²) in [5, 5.41) is 0.661. The molecule has 210 valence electrons. The van der Waals surface area contributed by atoms with Crippen LogP contribution >= 0.6 is 22.9 Å². The van der Waals surface area contributed by atoms with Crippen LogP contribution in [-0.2, 0) is 16.1 Å². The Morgan fingerprint density at radius 3 is 2.44 bits per heavy atom. The third-order valence-corrected chi connectivity index (χ3v) is 7.77. The zero-order chi connectivity index (χ0) is 28.9. The normalized spacial score (nSPS) is 14.8. The highest BCUT2D eigenvalue weighted by molar-refractivity contribution is 7.07. The van der Waals surface area contributed by atoms with Gasteiger partial charge < -0.3 is 14.2 Å². The van der Waals surface area contributed by atoms with E-state index in [0.717, 1.165) is 16.7 Å². The molecule has 0 bridgehead atoms. The predicted molar refractivity (Wildman–Crippen MR) is 160 cm³/mol. The van der Waals surface area contributed by atoms with E-state index in [1.165, 1.54) is 11.3 Å². The second-order valence-corrected chi connectivity index (χ2v) is 10.7. The number of benzene rings is 3. The first kappa shape index (κ1) is 28.4. The number of fused-ring (bicyclic) bond motifs is 1. The fourth-order valence-electron chi connectivity index (χ4n) is 4.63. The summed E-state index contributed by atoms with van der Waals surface area (Å²) < 4.78 is 19.1. The topological polar surface area (TPSA) is 79.1 Å². The summed E-state index contributed by atoms with van der Waals surface area (Å²) in [6, 6.07) is 21.7. The van der Waals surface area contributed by atoms with E-state index in [0.29, 0.717) is 50.3 Å². The number of carbonyl (C=O) groups is 1. The average Bonchev–Trinajstić information content (AvgIpc) is 3.27. The average molecular weight is 589 g/mol. The van der Waals surface area contributed by atoms with Gasteiger partial charge in [-0.05, 0) is 68.3 Å². The first-order chi connectivity index (χ1) is 19.9. The summed E-state index contributed by atoms with van der Waals surface area (Å²) >= 11 is 7.27. The minimum Gasteiger partial charge on any atom is -0.494 e. The van der Waals surface area contributed by atoms with E-state index < -0.39 is 12.0 Å². The van der Waals surface area contributed by atoms with Crippen LogP contribution in [0.3, 0.4) is 0 Å². The molecular formula is C32H29ClN2O5S. The number of ether oxygens (including phenoxy) is 3. The van der Waals surface area contributed by atoms with Crippen molar-refractivity contribution < 1.29 is 19.0 Å². The fraction of sp³-hybridized carbons (Fsp3) is 0.219. The quantitative estimate of drug-likeness (QED) is 0.244. The van der Waals surface area contributed by atoms with Crippen LogP contribution in [0.15, 0.2) is 93.9 Å². The minimum atomic E-state index is -0.695. The van der Waals surface area contributed by atoms with Crippen molar-refractivity contribution in [1.29, 1.82) is 0 Å². The Bertz CT molecular complexity index is 1770. The van der Waals surface area contributed by atoms with Gasteiger partial charge in [-0.25, -0.2) is 9.79 Å². The van der Waals surface area contributed by atoms with Crippen molar-refractivity contribution in [1.82, 2.24) is 4.57 Å². The lowest BCUT2D eigenvalue weighted by Crippen LogP contribution is -2.39. The number of nitrogens with zero attached hydrogens (tertiary/aromatic N) is 2. The van der Waals surface area contributed by atoms with Gasteiger partial charge in [0.05, 0.1) is 35.1 Å². The Labute approximate surface area is 246 Å². The molecular weight excluding hydrogens is 560 g/mol. The molecule has 1 aromatic heterocycles. The van der Waals surface area contributed by atoms with Gasteiger partial charge in [0.1, 0.15) is 18.1 Å². The zero-order valence-corrected chi connectivity index (χ0v) is 24.5. The van der Waals surface area contributed by atoms with Gasteiger partial charge in [-0.2, -0.15) is 0 Å². The zero-order valence-electron chi connectivity index (χ0n) is 22.9. The molecule has 5 rings (SSSR count). The smallest absolute Gasteiger partial charge is 0.338 e. The summed E-state index contributed by atoms with van der Waals surface area (Å²) in [4.78, 5) is 32.2. The van der Waals surface area contributed by atoms with Crippen LogP contribution in [0.4, 0.5) is 0 Å². The lowest BCUT2D eigenvalue weighted by atomic mass is 9.96. The van der Waals surface area contributed by atoms with Crippen molar-refractivity contribution in [3.63, 3.8) is 0 Å². The summed E-state index contributed by atoms with van der Waals surface area (Å²) in [5.74, 6) is 0.847. The number of rotatable bonds is 9. The van der Waals surface area contributed by atoms with Gasteiger partial charge in [-0.15, -0.1) is 0 Å². The SMILES string of the molecule is CCOC(=O)C1=C(C)N=c2s/c(=C\c3ccccc3OCc3ccc(Cl)cc3)c(=O)n2[C@@H]1c1ccc(OCC)cc1. The number of halogens is 1. The van der Waals surface area contributed by atoms with Crippen LogP contribution in [0.1, 0.15) is 43.5 Å². The molecule has 1 aliphatic rings. The Kier molecular flexibility index (Phi) is 8.71. The molecule has 0 amide bonds. The molecule has 0 radical (unpaired) electrons. The second-order valence-electron chi connectivity index (χ2n) is 9.26. The van der Waals surface area contributed by atoms with Crippen LogP contribution in [0, 0.1) is 0 Å². The summed E-state index contributed by atoms with van der Waals surface area (Å²) in [7, 11) is 0. The molecule has 2 heterocycles. The van der Waals surface area contributed by atoms with E-state index in [2.05, 4.69) is 4.99 Å². The number of hydrogen-bond acceptors (Lipinski definition) is 7. The van der Waals surface area contributed by atoms with Crippen LogP contribution < -0.4 is 24.4 Å². The standard InChI is InChI=1S/C32H29ClN2O5S/c1-4-38-25-16-12-22(13-17-25)29-28(31(37)39-5-2)20(3)34-32-35(29)30(36)27(41-32)18-23-8-6-7-9-26(23)40-19-21-10-14-24(33)15-11-21/h6-18,29H,4-5,19H2,1-3H3/b27-18-/t29-/m1/s1. The van der Waals surface area contributed by atoms with Gasteiger partial charge >= 0.3 is 5.97 Å². The lowest BCUT2D eigenvalue weighted by Gasteiger charge is -2.24. The van der Waals surface area contributed by atoms with Crippen molar-refractivity contribution in [3.05, 3.63) is 125 Å². The molecule has 41 heavy (non-hydrogen) atoms. The van der Waals surface area contributed by atoms with Crippen LogP contribution in [-0.4, -0.2) is 23.8 Å². The van der Waals surface area contributed by atoms with Crippen molar-refractivity contribution in [2.24, 2.45) is 4.99 Å². The van der Waals surface area contributed by atoms with Crippen molar-refractivity contribution in [3.8, 4) is 11.5 Å². The van der Waals surface area contributed by atoms with E-state index in [9.17, 15) is 9.59 Å². The van der Waals surface area contributed by atoms with Gasteiger partial charge in [0.25, 0.3) is 5.56 Å². The third-order valence-electron chi connectivity index (χ3n) is 6.54. The minimum absolute atomic E-state index is 0.211. The van der Waals surface area contributed by atoms with Crippen LogP contribution in [0.25, 0.3) is 6.08 Å². The Morgan fingerprint density at radius 1 is 1.00 bits per heavy atom. The molecule has 1 atom stereocenters. The van der Waals surface area contributed by atoms with Gasteiger partial charge in [0, 0.05) is 10.6 Å². The number of carbonyl (C=O) groups excluding carboxylic acids is 1. The Morgan fingerprint density at radius 2 is 1.73 bits per heavy atom. The molecule has 1 aliphatic heterocycles. The van der Waals surface area contributed by atoms with E-state index >= 15 is 0 Å². The first-order valence-electron chi connectivity index (χ1n) is 13.3. The summed E-state index contributed by atoms with van der Waals surface area (Å²) in [6.45, 7) is 6.53. The highest BCUT2D eigenvalue weighted by atomic mass is 35.5. The van der Waals surface area contributed by atoms with Crippen molar-refractivity contribution >= 4 is 35.0 Å². The van der Waals surface area contributed by atoms with Gasteiger partial charge in [-0.1, -0.05) is 65.4 Å². The van der Waals surface area contributed by atoms with E-state index in [-0.39, 0.29) is 12.2 Å². The molecule has 7 nitrogen and oxygen atoms in total. The van der Waals surface area contributed by atoms with E-state index in [4.69, 9.17) is 25.8 Å². The summed E-state index contributed by atoms with van der Waals surface area (Å²) in [5.41, 5.74) is 3.08. The fourth-order valence-corrected chi connectivity index (χ4v) is 5.80. The van der Waals surface area contributed by atoms with Gasteiger partial charge in [0.15, 0.2) is 4.80 Å². The Balaban J connectivity index is 1.58. The predicted octanol–water partition coefficient (Wildman–Crippen LogP) is 5.43. The second kappa shape index (κ2) is 12.6. The van der Waals surface area contributed by atoms with Crippen LogP contribution in [0.2, 0.25) is 5.02 Å². The molecule has 4 aromatic rings. The number of thiazole rings is 1. The molecule has 3 aromatic carbocycles. The number of esters is 1. The molecule has 0 unspecified atom stereocenters. The van der Waals surface area contributed by atoms with E-state index in [1.807, 2.05) is 79.7 Å². The summed E-state index contributed by atoms with van der Waals surface area (Å²) in [6.07, 6.45) is 1.81. The van der Waals surface area contributed by atoms with Crippen molar-refractivity contribution in [2.45, 2.75) is 33.4 Å². The van der Waals surface area contributed by atoms with Gasteiger partial charge in [0.2, 0.25) is 0 Å². The maximum atomic E-state index is 14.0. The van der Waals surface area contributed by atoms with Gasteiger partial charge in [-0.3, -0.25) is 9.36 Å². The molecule has 9 heteroatoms. The molecule has 0 saturated carbocycles. The highest BCUT2D eigenvalue weighted by Crippen LogP contribution is 2.31. The number of allylic oxidation sites excluding steroid dienone is 1. The van der Waals surface area contributed by atoms with Crippen LogP contribution in [0.5, 0.6) is 11.5 Å². The maximum absolute atomic E-state index is 14.0. The molecule has 0 spiro atoms. The lowest BCUT2D eigenvalue weighted by molar-refractivity contribution is -0.139. The Hall–Kier alpha value is -4.14. The number of hydrogen-bond donors (Lipinski definition) is 0. The largest absolute Gasteiger partial charge is 0.494 e. The molecule has 0 saturated heterocycles. The number of para-hydroxylation sites is 1. The highest BCUT2D eigenvalue weighted by Gasteiger charge is 2.33. The monoisotopic (exact) mass is 588 g/mol. The molecule has 0 N–H and O–H groups in total. The number of aromatic nitrogens is 1. The third kappa shape index (κ3) is 6.14. The maximum Gasteiger partial charge on any atom is 0.338 e. The van der Waals surface area contributed by atoms with E-state index in [1.54, 1.807) is 24.5 Å². The van der Waals surface area contributed by atoms with Crippen molar-refractivity contribution in [2.75, 3.05) is 13.2 Å². The molecule has 0 aliphatic carbocycles. The molecule has 0 fully saturated rings. The first-order valence-corrected chi connectivity index (χ1v) is 14.5.